The zero-order chi connectivity index (χ0) is 15.2. The zero-order valence-electron chi connectivity index (χ0n) is 14.2. The summed E-state index contributed by atoms with van der Waals surface area (Å²) in [6.45, 7) is 5.94. The summed E-state index contributed by atoms with van der Waals surface area (Å²) in [7, 11) is 1.80. The summed E-state index contributed by atoms with van der Waals surface area (Å²) < 4.78 is 5.23. The number of benzene rings is 1. The Morgan fingerprint density at radius 3 is 2.33 bits per heavy atom. The van der Waals surface area contributed by atoms with Gasteiger partial charge in [-0.05, 0) is 42.1 Å². The zero-order valence-corrected chi connectivity index (χ0v) is 14.2. The first-order valence-electron chi connectivity index (χ1n) is 8.67. The molecule has 1 saturated carbocycles. The van der Waals surface area contributed by atoms with E-state index < -0.39 is 0 Å². The predicted molar refractivity (Wildman–Crippen MR) is 90.7 cm³/mol. The second-order valence-electron chi connectivity index (χ2n) is 7.27. The van der Waals surface area contributed by atoms with Crippen LogP contribution in [0.15, 0.2) is 30.3 Å². The molecule has 2 rings (SSSR count). The number of hydrogen-bond acceptors (Lipinski definition) is 1. The molecule has 1 nitrogen and oxygen atoms in total. The Bertz CT molecular complexity index is 405. The fourth-order valence-corrected chi connectivity index (χ4v) is 4.21. The molecule has 0 N–H and O–H groups in total. The van der Waals surface area contributed by atoms with E-state index in [4.69, 9.17) is 4.74 Å². The fraction of sp³-hybridized carbons (Fsp3) is 0.700. The van der Waals surface area contributed by atoms with Crippen molar-refractivity contribution in [1.82, 2.24) is 0 Å². The van der Waals surface area contributed by atoms with Crippen molar-refractivity contribution < 1.29 is 4.74 Å². The highest BCUT2D eigenvalue weighted by Gasteiger charge is 2.45. The van der Waals surface area contributed by atoms with E-state index in [1.54, 1.807) is 7.11 Å². The van der Waals surface area contributed by atoms with E-state index >= 15 is 0 Å². The van der Waals surface area contributed by atoms with Gasteiger partial charge in [-0.1, -0.05) is 69.9 Å². The number of ether oxygens (including phenoxy) is 1. The molecule has 1 fully saturated rings. The van der Waals surface area contributed by atoms with Crippen LogP contribution < -0.4 is 0 Å². The molecule has 1 aliphatic rings. The van der Waals surface area contributed by atoms with E-state index in [1.165, 1.54) is 56.9 Å². The normalized spacial score (nSPS) is 20.9. The van der Waals surface area contributed by atoms with E-state index in [9.17, 15) is 0 Å². The van der Waals surface area contributed by atoms with Crippen molar-refractivity contribution >= 4 is 0 Å². The average molecular weight is 288 g/mol. The minimum Gasteiger partial charge on any atom is -0.385 e. The SMILES string of the molecule is COCCCC[C@](C)(c1ccccc1)C1(C)CCCCC1. The highest BCUT2D eigenvalue weighted by Crippen LogP contribution is 2.53. The number of unbranched alkanes of at least 4 members (excludes halogenated alkanes) is 1. The Kier molecular flexibility index (Phi) is 5.87. The standard InChI is InChI=1S/C20H32O/c1-19(14-8-5-9-15-19)20(2,16-10-11-17-21-3)18-12-6-4-7-13-18/h4,6-7,12-13H,5,8-11,14-17H2,1-3H3/t20-/m1/s1. The van der Waals surface area contributed by atoms with Gasteiger partial charge in [0.2, 0.25) is 0 Å². The van der Waals surface area contributed by atoms with Gasteiger partial charge < -0.3 is 4.74 Å². The summed E-state index contributed by atoms with van der Waals surface area (Å²) in [4.78, 5) is 0. The van der Waals surface area contributed by atoms with Crippen molar-refractivity contribution in [3.05, 3.63) is 35.9 Å². The monoisotopic (exact) mass is 288 g/mol. The van der Waals surface area contributed by atoms with Crippen molar-refractivity contribution in [2.75, 3.05) is 13.7 Å². The van der Waals surface area contributed by atoms with Gasteiger partial charge in [-0.2, -0.15) is 0 Å². The molecular formula is C20H32O. The van der Waals surface area contributed by atoms with Crippen LogP contribution in [0.25, 0.3) is 0 Å². The van der Waals surface area contributed by atoms with Crippen LogP contribution in [-0.2, 0) is 10.2 Å². The number of methoxy groups -OCH3 is 1. The van der Waals surface area contributed by atoms with Crippen LogP contribution in [0.2, 0.25) is 0 Å². The van der Waals surface area contributed by atoms with Gasteiger partial charge in [-0.3, -0.25) is 0 Å². The molecule has 1 aliphatic carbocycles. The molecule has 118 valence electrons. The van der Waals surface area contributed by atoms with Gasteiger partial charge in [-0.15, -0.1) is 0 Å². The molecule has 0 unspecified atom stereocenters. The lowest BCUT2D eigenvalue weighted by Crippen LogP contribution is -2.43. The summed E-state index contributed by atoms with van der Waals surface area (Å²) in [6, 6.07) is 11.2. The highest BCUT2D eigenvalue weighted by molar-refractivity contribution is 5.28. The summed E-state index contributed by atoms with van der Waals surface area (Å²) in [5, 5.41) is 0. The molecule has 0 aromatic heterocycles. The van der Waals surface area contributed by atoms with Crippen molar-refractivity contribution in [3.63, 3.8) is 0 Å². The molecule has 21 heavy (non-hydrogen) atoms. The van der Waals surface area contributed by atoms with Crippen molar-refractivity contribution in [1.29, 1.82) is 0 Å². The van der Waals surface area contributed by atoms with E-state index in [1.807, 2.05) is 0 Å². The number of hydrogen-bond donors (Lipinski definition) is 0. The van der Waals surface area contributed by atoms with Gasteiger partial charge in [0, 0.05) is 13.7 Å². The number of rotatable bonds is 7. The van der Waals surface area contributed by atoms with Crippen LogP contribution in [0.4, 0.5) is 0 Å². The fourth-order valence-electron chi connectivity index (χ4n) is 4.21. The average Bonchev–Trinajstić information content (AvgIpc) is 2.53. The summed E-state index contributed by atoms with van der Waals surface area (Å²) >= 11 is 0. The third kappa shape index (κ3) is 3.69. The highest BCUT2D eigenvalue weighted by atomic mass is 16.5. The Morgan fingerprint density at radius 2 is 1.71 bits per heavy atom. The first kappa shape index (κ1) is 16.5. The van der Waals surface area contributed by atoms with Crippen LogP contribution in [0.1, 0.15) is 70.8 Å². The lowest BCUT2D eigenvalue weighted by Gasteiger charge is -2.50. The van der Waals surface area contributed by atoms with E-state index in [-0.39, 0.29) is 0 Å². The summed E-state index contributed by atoms with van der Waals surface area (Å²) in [5.41, 5.74) is 2.27. The molecule has 0 heterocycles. The molecule has 1 atom stereocenters. The maximum atomic E-state index is 5.23. The Labute approximate surface area is 131 Å². The van der Waals surface area contributed by atoms with E-state index in [0.717, 1.165) is 6.61 Å². The molecule has 1 aromatic carbocycles. The topological polar surface area (TPSA) is 9.23 Å². The van der Waals surface area contributed by atoms with Gasteiger partial charge in [-0.25, -0.2) is 0 Å². The second kappa shape index (κ2) is 7.45. The Hall–Kier alpha value is -0.820. The molecule has 1 heteroatoms. The molecule has 0 bridgehead atoms. The lowest BCUT2D eigenvalue weighted by molar-refractivity contribution is 0.0816. The molecule has 1 aromatic rings. The van der Waals surface area contributed by atoms with Crippen molar-refractivity contribution in [3.8, 4) is 0 Å². The lowest BCUT2D eigenvalue weighted by atomic mass is 9.54. The largest absolute Gasteiger partial charge is 0.385 e. The molecule has 0 aliphatic heterocycles. The Balaban J connectivity index is 2.20. The smallest absolute Gasteiger partial charge is 0.0462 e. The van der Waals surface area contributed by atoms with Crippen molar-refractivity contribution in [2.24, 2.45) is 5.41 Å². The summed E-state index contributed by atoms with van der Waals surface area (Å²) in [6.07, 6.45) is 10.7. The van der Waals surface area contributed by atoms with Gasteiger partial charge in [0.25, 0.3) is 0 Å². The third-order valence-corrected chi connectivity index (χ3v) is 5.98. The van der Waals surface area contributed by atoms with Gasteiger partial charge in [0.1, 0.15) is 0 Å². The summed E-state index contributed by atoms with van der Waals surface area (Å²) in [5.74, 6) is 0. The van der Waals surface area contributed by atoms with Crippen LogP contribution in [0, 0.1) is 5.41 Å². The van der Waals surface area contributed by atoms with Gasteiger partial charge >= 0.3 is 0 Å². The molecular weight excluding hydrogens is 256 g/mol. The maximum Gasteiger partial charge on any atom is 0.0462 e. The Morgan fingerprint density at radius 1 is 1.05 bits per heavy atom. The maximum absolute atomic E-state index is 5.23. The first-order chi connectivity index (χ1) is 10.1. The van der Waals surface area contributed by atoms with Gasteiger partial charge in [0.05, 0.1) is 0 Å². The van der Waals surface area contributed by atoms with Crippen LogP contribution >= 0.6 is 0 Å². The molecule has 0 radical (unpaired) electrons. The molecule has 0 saturated heterocycles. The van der Waals surface area contributed by atoms with Crippen molar-refractivity contribution in [2.45, 2.75) is 70.6 Å². The second-order valence-corrected chi connectivity index (χ2v) is 7.27. The predicted octanol–water partition coefficient (Wildman–Crippen LogP) is 5.73. The van der Waals surface area contributed by atoms with Crippen LogP contribution in [0.3, 0.4) is 0 Å². The van der Waals surface area contributed by atoms with E-state index in [0.29, 0.717) is 10.8 Å². The van der Waals surface area contributed by atoms with Gasteiger partial charge in [0.15, 0.2) is 0 Å². The quantitative estimate of drug-likeness (QED) is 0.582. The molecule has 0 spiro atoms. The molecule has 0 amide bonds. The minimum absolute atomic E-state index is 0.294. The third-order valence-electron chi connectivity index (χ3n) is 5.98. The first-order valence-corrected chi connectivity index (χ1v) is 8.67. The minimum atomic E-state index is 0.294. The van der Waals surface area contributed by atoms with E-state index in [2.05, 4.69) is 44.2 Å². The van der Waals surface area contributed by atoms with Crippen LogP contribution in [0.5, 0.6) is 0 Å². The van der Waals surface area contributed by atoms with Crippen LogP contribution in [-0.4, -0.2) is 13.7 Å².